The third-order valence-electron chi connectivity index (χ3n) is 3.83. The van der Waals surface area contributed by atoms with Gasteiger partial charge in [0.25, 0.3) is 5.91 Å². The van der Waals surface area contributed by atoms with Crippen LogP contribution in [0.15, 0.2) is 51.8 Å². The molecule has 3 aromatic heterocycles. The number of aromatic nitrogens is 5. The number of fused-ring (bicyclic) bond motifs is 1. The fourth-order valence-electron chi connectivity index (χ4n) is 2.56. The van der Waals surface area contributed by atoms with E-state index in [0.717, 1.165) is 5.56 Å². The van der Waals surface area contributed by atoms with Gasteiger partial charge in [-0.15, -0.1) is 0 Å². The van der Waals surface area contributed by atoms with Gasteiger partial charge in [-0.2, -0.15) is 10.2 Å². The number of carbonyl (C=O) groups is 1. The van der Waals surface area contributed by atoms with Crippen LogP contribution in [0, 0.1) is 0 Å². The van der Waals surface area contributed by atoms with Crippen LogP contribution in [0.4, 0.5) is 5.82 Å². The van der Waals surface area contributed by atoms with Crippen molar-refractivity contribution in [2.24, 2.45) is 0 Å². The largest absolute Gasteiger partial charge is 0.303 e. The lowest BCUT2D eigenvalue weighted by Gasteiger charge is -2.04. The molecule has 1 amide bonds. The van der Waals surface area contributed by atoms with Gasteiger partial charge in [-0.1, -0.05) is 29.3 Å². The second kappa shape index (κ2) is 7.82. The van der Waals surface area contributed by atoms with Gasteiger partial charge in [0.05, 0.1) is 25.5 Å². The summed E-state index contributed by atoms with van der Waals surface area (Å²) in [5.41, 5.74) is 1.69. The third kappa shape index (κ3) is 3.80. The molecule has 7 nitrogen and oxygen atoms in total. The average molecular weight is 545 g/mol. The van der Waals surface area contributed by atoms with Crippen LogP contribution < -0.4 is 5.32 Å². The fourth-order valence-corrected chi connectivity index (χ4v) is 3.84. The first-order valence-corrected chi connectivity index (χ1v) is 10.2. The summed E-state index contributed by atoms with van der Waals surface area (Å²) in [6.45, 7) is 0.466. The number of rotatable bonds is 4. The number of halogens is 4. The summed E-state index contributed by atoms with van der Waals surface area (Å²) in [7, 11) is 0. The molecule has 1 N–H and O–H groups in total. The third-order valence-corrected chi connectivity index (χ3v) is 5.88. The van der Waals surface area contributed by atoms with E-state index < -0.39 is 5.91 Å². The van der Waals surface area contributed by atoms with Gasteiger partial charge >= 0.3 is 0 Å². The Hall–Kier alpha value is -1.94. The quantitative estimate of drug-likeness (QED) is 0.390. The van der Waals surface area contributed by atoms with Gasteiger partial charge in [-0.3, -0.25) is 9.48 Å². The molecule has 28 heavy (non-hydrogen) atoms. The zero-order valence-electron chi connectivity index (χ0n) is 13.9. The maximum atomic E-state index is 12.7. The Bertz CT molecular complexity index is 1210. The van der Waals surface area contributed by atoms with Crippen LogP contribution in [0.25, 0.3) is 5.65 Å². The minimum absolute atomic E-state index is 0.213. The van der Waals surface area contributed by atoms with E-state index in [4.69, 9.17) is 23.2 Å². The van der Waals surface area contributed by atoms with E-state index in [2.05, 4.69) is 52.4 Å². The zero-order chi connectivity index (χ0) is 19.8. The number of hydrogen-bond donors (Lipinski definition) is 1. The molecule has 142 valence electrons. The zero-order valence-corrected chi connectivity index (χ0v) is 18.6. The van der Waals surface area contributed by atoms with Crippen LogP contribution in [0.2, 0.25) is 10.0 Å². The van der Waals surface area contributed by atoms with E-state index in [1.165, 1.54) is 4.52 Å². The molecule has 0 bridgehead atoms. The highest BCUT2D eigenvalue weighted by atomic mass is 79.9. The van der Waals surface area contributed by atoms with Crippen molar-refractivity contribution in [1.82, 2.24) is 24.4 Å². The summed E-state index contributed by atoms with van der Waals surface area (Å²) in [6.07, 6.45) is 5.11. The van der Waals surface area contributed by atoms with Gasteiger partial charge in [0.15, 0.2) is 17.2 Å². The van der Waals surface area contributed by atoms with Gasteiger partial charge in [0.1, 0.15) is 0 Å². The number of carbonyl (C=O) groups excluding carboxylic acids is 1. The van der Waals surface area contributed by atoms with Crippen LogP contribution in [-0.2, 0) is 6.54 Å². The minimum atomic E-state index is -0.405. The maximum Gasteiger partial charge on any atom is 0.278 e. The summed E-state index contributed by atoms with van der Waals surface area (Å²) >= 11 is 18.8. The maximum absolute atomic E-state index is 12.7. The molecule has 11 heteroatoms. The van der Waals surface area contributed by atoms with Crippen molar-refractivity contribution >= 4 is 72.4 Å². The van der Waals surface area contributed by atoms with Crippen LogP contribution in [0.3, 0.4) is 0 Å². The molecule has 0 aliphatic carbocycles. The van der Waals surface area contributed by atoms with Crippen molar-refractivity contribution in [2.45, 2.75) is 6.54 Å². The Labute approximate surface area is 185 Å². The summed E-state index contributed by atoms with van der Waals surface area (Å²) in [4.78, 5) is 16.9. The highest BCUT2D eigenvalue weighted by Crippen LogP contribution is 2.26. The minimum Gasteiger partial charge on any atom is -0.303 e. The lowest BCUT2D eigenvalue weighted by molar-refractivity contribution is 0.102. The molecule has 0 saturated carbocycles. The van der Waals surface area contributed by atoms with E-state index in [-0.39, 0.29) is 5.69 Å². The van der Waals surface area contributed by atoms with Crippen LogP contribution in [-0.4, -0.2) is 30.3 Å². The monoisotopic (exact) mass is 542 g/mol. The Kier molecular flexibility index (Phi) is 5.42. The van der Waals surface area contributed by atoms with Crippen molar-refractivity contribution in [3.05, 3.63) is 73.1 Å². The SMILES string of the molecule is O=C(Nc1nn(Cc2ccc(Cl)c(Cl)c2)cc1Br)c1nn2cccnc2c1Br. The number of hydrogen-bond acceptors (Lipinski definition) is 4. The lowest BCUT2D eigenvalue weighted by atomic mass is 10.2. The Morgan fingerprint density at radius 3 is 2.75 bits per heavy atom. The Morgan fingerprint density at radius 2 is 2.00 bits per heavy atom. The van der Waals surface area contributed by atoms with Crippen molar-refractivity contribution in [3.63, 3.8) is 0 Å². The summed E-state index contributed by atoms with van der Waals surface area (Å²) in [5, 5.41) is 12.4. The van der Waals surface area contributed by atoms with E-state index in [0.29, 0.717) is 37.0 Å². The predicted molar refractivity (Wildman–Crippen MR) is 114 cm³/mol. The first-order chi connectivity index (χ1) is 13.4. The standard InChI is InChI=1S/C17H10Br2Cl2N6O/c18-10-8-26(7-9-2-3-11(20)12(21)6-9)25-15(10)23-17(28)14-13(19)16-22-4-1-5-27(16)24-14/h1-6,8H,7H2,(H,23,25,28). The summed E-state index contributed by atoms with van der Waals surface area (Å²) in [5.74, 6) is -0.0279. The molecule has 0 aliphatic heterocycles. The lowest BCUT2D eigenvalue weighted by Crippen LogP contribution is -2.14. The molecule has 0 fully saturated rings. The molecular weight excluding hydrogens is 535 g/mol. The summed E-state index contributed by atoms with van der Waals surface area (Å²) < 4.78 is 4.35. The highest BCUT2D eigenvalue weighted by molar-refractivity contribution is 9.11. The second-order valence-corrected chi connectivity index (χ2v) is 8.24. The van der Waals surface area contributed by atoms with Crippen molar-refractivity contribution < 1.29 is 4.79 Å². The molecular formula is C17H10Br2Cl2N6O. The van der Waals surface area contributed by atoms with E-state index in [1.54, 1.807) is 41.5 Å². The second-order valence-electron chi connectivity index (χ2n) is 5.78. The smallest absolute Gasteiger partial charge is 0.278 e. The average Bonchev–Trinajstić information content (AvgIpc) is 3.18. The number of amides is 1. The molecule has 0 spiro atoms. The Morgan fingerprint density at radius 1 is 1.18 bits per heavy atom. The van der Waals surface area contributed by atoms with Gasteiger partial charge in [-0.05, 0) is 55.6 Å². The van der Waals surface area contributed by atoms with E-state index >= 15 is 0 Å². The molecule has 1 aromatic carbocycles. The molecule has 4 rings (SSSR count). The molecule has 4 aromatic rings. The molecule has 0 atom stereocenters. The molecule has 0 unspecified atom stereocenters. The molecule has 0 radical (unpaired) electrons. The number of nitrogens with zero attached hydrogens (tertiary/aromatic N) is 5. The number of anilines is 1. The van der Waals surface area contributed by atoms with Gasteiger partial charge in [0, 0.05) is 18.6 Å². The highest BCUT2D eigenvalue weighted by Gasteiger charge is 2.20. The predicted octanol–water partition coefficient (Wildman–Crippen LogP) is 5.06. The Balaban J connectivity index is 1.55. The van der Waals surface area contributed by atoms with Gasteiger partial charge < -0.3 is 5.32 Å². The van der Waals surface area contributed by atoms with Crippen LogP contribution in [0.5, 0.6) is 0 Å². The van der Waals surface area contributed by atoms with Crippen LogP contribution in [0.1, 0.15) is 16.1 Å². The van der Waals surface area contributed by atoms with E-state index in [9.17, 15) is 4.79 Å². The molecule has 0 saturated heterocycles. The van der Waals surface area contributed by atoms with Crippen molar-refractivity contribution in [3.8, 4) is 0 Å². The van der Waals surface area contributed by atoms with Crippen molar-refractivity contribution in [2.75, 3.05) is 5.32 Å². The first-order valence-electron chi connectivity index (χ1n) is 7.89. The van der Waals surface area contributed by atoms with Crippen molar-refractivity contribution in [1.29, 1.82) is 0 Å². The molecule has 3 heterocycles. The summed E-state index contributed by atoms with van der Waals surface area (Å²) in [6, 6.07) is 7.10. The topological polar surface area (TPSA) is 77.1 Å². The number of benzene rings is 1. The van der Waals surface area contributed by atoms with Crippen LogP contribution >= 0.6 is 55.1 Å². The van der Waals surface area contributed by atoms with E-state index in [1.807, 2.05) is 6.07 Å². The normalized spacial score (nSPS) is 11.1. The van der Waals surface area contributed by atoms with Gasteiger partial charge in [-0.25, -0.2) is 9.50 Å². The first kappa shape index (κ1) is 19.4. The number of nitrogens with one attached hydrogen (secondary N) is 1. The van der Waals surface area contributed by atoms with Gasteiger partial charge in [0.2, 0.25) is 0 Å². The molecule has 0 aliphatic rings. The fraction of sp³-hybridized carbons (Fsp3) is 0.0588.